The summed E-state index contributed by atoms with van der Waals surface area (Å²) in [7, 11) is 0. The van der Waals surface area contributed by atoms with Crippen LogP contribution >= 0.6 is 11.3 Å². The van der Waals surface area contributed by atoms with Gasteiger partial charge in [-0.25, -0.2) is 9.67 Å². The van der Waals surface area contributed by atoms with E-state index in [1.165, 1.54) is 4.88 Å². The van der Waals surface area contributed by atoms with Crippen molar-refractivity contribution >= 4 is 11.3 Å². The van der Waals surface area contributed by atoms with Gasteiger partial charge in [-0.2, -0.15) is 5.10 Å². The highest BCUT2D eigenvalue weighted by Gasteiger charge is 2.21. The highest BCUT2D eigenvalue weighted by molar-refractivity contribution is 7.09. The molecule has 0 bridgehead atoms. The zero-order valence-electron chi connectivity index (χ0n) is 12.7. The Morgan fingerprint density at radius 1 is 1.43 bits per heavy atom. The van der Waals surface area contributed by atoms with Gasteiger partial charge in [-0.1, -0.05) is 6.07 Å². The van der Waals surface area contributed by atoms with Crippen LogP contribution in [0.4, 0.5) is 0 Å². The van der Waals surface area contributed by atoms with E-state index >= 15 is 0 Å². The van der Waals surface area contributed by atoms with E-state index in [0.717, 1.165) is 50.9 Å². The molecule has 0 radical (unpaired) electrons. The third-order valence-electron chi connectivity index (χ3n) is 3.82. The van der Waals surface area contributed by atoms with Crippen LogP contribution in [0.1, 0.15) is 16.5 Å². The predicted molar refractivity (Wildman–Crippen MR) is 83.7 cm³/mol. The van der Waals surface area contributed by atoms with E-state index in [0.29, 0.717) is 0 Å². The number of aryl methyl sites for hydroxylation is 2. The summed E-state index contributed by atoms with van der Waals surface area (Å²) in [6, 6.07) is 4.34. The van der Waals surface area contributed by atoms with Gasteiger partial charge in [-0.15, -0.1) is 11.3 Å². The topological polar surface area (TPSA) is 43.2 Å². The maximum atomic E-state index is 5.89. The third-order valence-corrected chi connectivity index (χ3v) is 4.75. The molecule has 3 heterocycles. The number of thiophene rings is 1. The van der Waals surface area contributed by atoms with Gasteiger partial charge in [0.15, 0.2) is 0 Å². The lowest BCUT2D eigenvalue weighted by molar-refractivity contribution is -0.0373. The summed E-state index contributed by atoms with van der Waals surface area (Å²) in [4.78, 5) is 8.30. The number of morpholine rings is 1. The molecule has 6 heteroatoms. The Morgan fingerprint density at radius 3 is 3.05 bits per heavy atom. The normalized spacial score (nSPS) is 20.0. The van der Waals surface area contributed by atoms with Gasteiger partial charge in [0.05, 0.1) is 19.3 Å². The lowest BCUT2D eigenvalue weighted by Gasteiger charge is -2.32. The fraction of sp³-hybridized carbons (Fsp3) is 0.600. The molecule has 2 aromatic heterocycles. The van der Waals surface area contributed by atoms with Gasteiger partial charge in [0.1, 0.15) is 11.6 Å². The van der Waals surface area contributed by atoms with Gasteiger partial charge >= 0.3 is 0 Å². The van der Waals surface area contributed by atoms with Gasteiger partial charge in [0.2, 0.25) is 0 Å². The van der Waals surface area contributed by atoms with E-state index < -0.39 is 0 Å². The van der Waals surface area contributed by atoms with Crippen molar-refractivity contribution in [3.8, 4) is 0 Å². The minimum absolute atomic E-state index is 0.210. The lowest BCUT2D eigenvalue weighted by Crippen LogP contribution is -2.45. The van der Waals surface area contributed by atoms with Crippen molar-refractivity contribution in [1.29, 1.82) is 0 Å². The fourth-order valence-electron chi connectivity index (χ4n) is 2.74. The number of aromatic nitrogens is 3. The molecule has 0 spiro atoms. The van der Waals surface area contributed by atoms with E-state index in [1.807, 2.05) is 29.9 Å². The van der Waals surface area contributed by atoms with Crippen LogP contribution in [0.3, 0.4) is 0 Å². The van der Waals surface area contributed by atoms with Crippen molar-refractivity contribution in [3.63, 3.8) is 0 Å². The summed E-state index contributed by atoms with van der Waals surface area (Å²) in [6.45, 7) is 8.64. The van der Waals surface area contributed by atoms with Crippen LogP contribution < -0.4 is 0 Å². The highest BCUT2D eigenvalue weighted by atomic mass is 32.1. The lowest BCUT2D eigenvalue weighted by atomic mass is 10.2. The van der Waals surface area contributed by atoms with Gasteiger partial charge in [-0.05, 0) is 31.7 Å². The van der Waals surface area contributed by atoms with Crippen LogP contribution in [0, 0.1) is 13.8 Å². The first-order chi connectivity index (χ1) is 10.2. The first-order valence-corrected chi connectivity index (χ1v) is 8.33. The Bertz CT molecular complexity index is 566. The highest BCUT2D eigenvalue weighted by Crippen LogP contribution is 2.13. The molecule has 1 saturated heterocycles. The summed E-state index contributed by atoms with van der Waals surface area (Å²) in [5, 5.41) is 6.57. The van der Waals surface area contributed by atoms with Gasteiger partial charge in [0, 0.05) is 24.5 Å². The van der Waals surface area contributed by atoms with Crippen molar-refractivity contribution in [2.24, 2.45) is 0 Å². The van der Waals surface area contributed by atoms with Crippen molar-refractivity contribution < 1.29 is 4.74 Å². The first kappa shape index (κ1) is 14.7. The van der Waals surface area contributed by atoms with Crippen LogP contribution in [0.25, 0.3) is 0 Å². The van der Waals surface area contributed by atoms with E-state index in [9.17, 15) is 0 Å². The molecule has 2 aromatic rings. The standard InChI is InChI=1S/C15H22N4OS/c1-12-16-13(2)19(17-12)11-14-10-18(7-8-20-14)6-5-15-4-3-9-21-15/h3-4,9,14H,5-8,10-11H2,1-2H3/t14-/m1/s1. The largest absolute Gasteiger partial charge is 0.374 e. The molecule has 0 aliphatic carbocycles. The minimum Gasteiger partial charge on any atom is -0.374 e. The summed E-state index contributed by atoms with van der Waals surface area (Å²) in [6.07, 6.45) is 1.34. The number of rotatable bonds is 5. The maximum Gasteiger partial charge on any atom is 0.147 e. The Hall–Kier alpha value is -1.24. The van der Waals surface area contributed by atoms with E-state index in [2.05, 4.69) is 32.5 Å². The molecule has 5 nitrogen and oxygen atoms in total. The molecule has 1 atom stereocenters. The Balaban J connectivity index is 1.52. The minimum atomic E-state index is 0.210. The number of hydrogen-bond donors (Lipinski definition) is 0. The molecule has 21 heavy (non-hydrogen) atoms. The second-order valence-corrected chi connectivity index (χ2v) is 6.54. The van der Waals surface area contributed by atoms with Gasteiger partial charge < -0.3 is 4.74 Å². The molecule has 3 rings (SSSR count). The third kappa shape index (κ3) is 3.90. The smallest absolute Gasteiger partial charge is 0.147 e. The average molecular weight is 306 g/mol. The van der Waals surface area contributed by atoms with Crippen LogP contribution in [-0.4, -0.2) is 52.0 Å². The molecular formula is C15H22N4OS. The summed E-state index contributed by atoms with van der Waals surface area (Å²) in [5.41, 5.74) is 0. The predicted octanol–water partition coefficient (Wildman–Crippen LogP) is 1.90. The number of hydrogen-bond acceptors (Lipinski definition) is 5. The fourth-order valence-corrected chi connectivity index (χ4v) is 3.44. The monoisotopic (exact) mass is 306 g/mol. The maximum absolute atomic E-state index is 5.89. The molecule has 0 saturated carbocycles. The Morgan fingerprint density at radius 2 is 2.33 bits per heavy atom. The summed E-state index contributed by atoms with van der Waals surface area (Å²) < 4.78 is 7.85. The van der Waals surface area contributed by atoms with E-state index in [-0.39, 0.29) is 6.10 Å². The summed E-state index contributed by atoms with van der Waals surface area (Å²) >= 11 is 1.84. The van der Waals surface area contributed by atoms with Crippen LogP contribution in [0.5, 0.6) is 0 Å². The molecule has 1 aliphatic rings. The molecule has 1 fully saturated rings. The molecule has 1 aliphatic heterocycles. The molecule has 0 N–H and O–H groups in total. The van der Waals surface area contributed by atoms with Crippen molar-refractivity contribution in [3.05, 3.63) is 34.0 Å². The van der Waals surface area contributed by atoms with Crippen LogP contribution in [-0.2, 0) is 17.7 Å². The van der Waals surface area contributed by atoms with Gasteiger partial charge in [-0.3, -0.25) is 4.90 Å². The molecule has 0 amide bonds. The second kappa shape index (κ2) is 6.68. The Kier molecular flexibility index (Phi) is 4.67. The molecular weight excluding hydrogens is 284 g/mol. The number of nitrogens with zero attached hydrogens (tertiary/aromatic N) is 4. The molecule has 0 unspecified atom stereocenters. The quantitative estimate of drug-likeness (QED) is 0.846. The molecule has 114 valence electrons. The van der Waals surface area contributed by atoms with Crippen molar-refractivity contribution in [2.75, 3.05) is 26.2 Å². The van der Waals surface area contributed by atoms with E-state index in [4.69, 9.17) is 4.74 Å². The Labute approximate surface area is 129 Å². The zero-order valence-corrected chi connectivity index (χ0v) is 13.5. The second-order valence-electron chi connectivity index (χ2n) is 5.51. The van der Waals surface area contributed by atoms with Gasteiger partial charge in [0.25, 0.3) is 0 Å². The van der Waals surface area contributed by atoms with Crippen molar-refractivity contribution in [1.82, 2.24) is 19.7 Å². The average Bonchev–Trinajstić information content (AvgIpc) is 3.07. The first-order valence-electron chi connectivity index (χ1n) is 7.45. The van der Waals surface area contributed by atoms with Crippen LogP contribution in [0.2, 0.25) is 0 Å². The zero-order chi connectivity index (χ0) is 14.7. The molecule has 0 aromatic carbocycles. The van der Waals surface area contributed by atoms with E-state index in [1.54, 1.807) is 0 Å². The van der Waals surface area contributed by atoms with Crippen LogP contribution in [0.15, 0.2) is 17.5 Å². The number of ether oxygens (including phenoxy) is 1. The summed E-state index contributed by atoms with van der Waals surface area (Å²) in [5.74, 6) is 1.80. The van der Waals surface area contributed by atoms with Crippen molar-refractivity contribution in [2.45, 2.75) is 32.9 Å². The SMILES string of the molecule is Cc1nc(C)n(C[C@H]2CN(CCc3cccs3)CCO2)n1.